The van der Waals surface area contributed by atoms with Crippen LogP contribution in [0.5, 0.6) is 0 Å². The number of fused-ring (bicyclic) bond motifs is 1. The van der Waals surface area contributed by atoms with Gasteiger partial charge in [-0.05, 0) is 25.0 Å². The van der Waals surface area contributed by atoms with Crippen molar-refractivity contribution < 1.29 is 43.4 Å². The van der Waals surface area contributed by atoms with Crippen molar-refractivity contribution in [3.05, 3.63) is 90.0 Å². The third kappa shape index (κ3) is 8.01. The van der Waals surface area contributed by atoms with Crippen molar-refractivity contribution in [1.29, 1.82) is 0 Å². The third-order valence-electron chi connectivity index (χ3n) is 9.02. The summed E-state index contributed by atoms with van der Waals surface area (Å²) >= 11 is 0. The normalized spacial score (nSPS) is 22.6. The van der Waals surface area contributed by atoms with E-state index in [1.165, 1.54) is 14.0 Å². The van der Waals surface area contributed by atoms with Crippen molar-refractivity contribution >= 4 is 35.5 Å². The predicted octanol–water partition coefficient (Wildman–Crippen LogP) is 0.272. The van der Waals surface area contributed by atoms with Crippen molar-refractivity contribution in [2.75, 3.05) is 13.7 Å². The number of rotatable bonds is 7. The molecule has 3 amide bonds. The molecule has 2 aliphatic heterocycles. The number of carbonyl (C=O) groups excluding carboxylic acids is 4. The molecule has 4 N–H and O–H groups in total. The Labute approximate surface area is 290 Å². The van der Waals surface area contributed by atoms with E-state index in [4.69, 9.17) is 9.57 Å². The Morgan fingerprint density at radius 3 is 2.44 bits per heavy atom. The lowest BCUT2D eigenvalue weighted by molar-refractivity contribution is -0.541. The van der Waals surface area contributed by atoms with Gasteiger partial charge in [-0.1, -0.05) is 60.7 Å². The maximum Gasteiger partial charge on any atom is 0.388 e. The number of aliphatic hydroxyl groups is 1. The van der Waals surface area contributed by atoms with Crippen LogP contribution < -0.4 is 15.6 Å². The first-order valence-corrected chi connectivity index (χ1v) is 16.6. The van der Waals surface area contributed by atoms with Gasteiger partial charge in [-0.3, -0.25) is 14.4 Å². The Morgan fingerprint density at radius 1 is 1.14 bits per heavy atom. The van der Waals surface area contributed by atoms with E-state index in [1.807, 2.05) is 36.4 Å². The van der Waals surface area contributed by atoms with Crippen LogP contribution in [0.25, 0.3) is 0 Å². The largest absolute Gasteiger partial charge is 0.464 e. The first-order valence-electron chi connectivity index (χ1n) is 16.6. The lowest BCUT2D eigenvalue weighted by Gasteiger charge is -2.29. The molecule has 0 spiro atoms. The van der Waals surface area contributed by atoms with Crippen LogP contribution in [0.2, 0.25) is 0 Å². The number of carbonyl (C=O) groups is 4. The van der Waals surface area contributed by atoms with Gasteiger partial charge in [0, 0.05) is 51.5 Å². The molecule has 50 heavy (non-hydrogen) atoms. The third-order valence-corrected chi connectivity index (χ3v) is 9.02. The van der Waals surface area contributed by atoms with E-state index in [-0.39, 0.29) is 24.6 Å². The first-order chi connectivity index (χ1) is 23.9. The highest BCUT2D eigenvalue weighted by Gasteiger charge is 2.47. The Hall–Kier alpha value is -5.53. The van der Waals surface area contributed by atoms with Gasteiger partial charge in [0.1, 0.15) is 12.1 Å². The van der Waals surface area contributed by atoms with E-state index >= 15 is 0 Å². The minimum absolute atomic E-state index is 0.0539. The number of benzene rings is 2. The highest BCUT2D eigenvalue weighted by Crippen LogP contribution is 2.22. The van der Waals surface area contributed by atoms with Crippen molar-refractivity contribution in [1.82, 2.24) is 25.2 Å². The summed E-state index contributed by atoms with van der Waals surface area (Å²) in [6.45, 7) is 4.78. The number of hydroxylamine groups is 2. The molecule has 0 radical (unpaired) electrons. The van der Waals surface area contributed by atoms with Gasteiger partial charge in [-0.15, -0.1) is 0 Å². The van der Waals surface area contributed by atoms with Crippen LogP contribution in [0.3, 0.4) is 0 Å². The highest BCUT2D eigenvalue weighted by atomic mass is 16.7. The summed E-state index contributed by atoms with van der Waals surface area (Å²) in [5.74, 6) is -2.57. The fraction of sp³-hybridized carbons (Fsp3) is 0.417. The van der Waals surface area contributed by atoms with Crippen molar-refractivity contribution in [2.45, 2.75) is 76.2 Å². The van der Waals surface area contributed by atoms with Crippen molar-refractivity contribution in [3.63, 3.8) is 0 Å². The molecule has 3 aromatic rings. The number of methoxy groups -OCH3 is 1. The van der Waals surface area contributed by atoms with Gasteiger partial charge in [0.05, 0.1) is 13.4 Å². The first kappa shape index (κ1) is 35.8. The van der Waals surface area contributed by atoms with Crippen LogP contribution in [0.15, 0.2) is 73.2 Å². The molecule has 0 aliphatic carbocycles. The average molecular weight is 688 g/mol. The molecular formula is C36H45N7O7+2. The second-order valence-electron chi connectivity index (χ2n) is 13.1. The monoisotopic (exact) mass is 687 g/mol. The number of aliphatic hydroxyl groups excluding tert-OH is 1. The number of nitrogens with zero attached hydrogens (tertiary/aromatic N) is 4. The topological polar surface area (TPSA) is 169 Å². The lowest BCUT2D eigenvalue weighted by Crippen LogP contribution is -2.85. The molecule has 5 rings (SSSR count). The molecule has 0 saturated carbocycles. The maximum atomic E-state index is 14.1. The molecule has 14 heteroatoms. The smallest absolute Gasteiger partial charge is 0.388 e. The predicted molar refractivity (Wildman–Crippen MR) is 182 cm³/mol. The molecule has 0 unspecified atom stereocenters. The summed E-state index contributed by atoms with van der Waals surface area (Å²) in [6.07, 6.45) is 4.44. The van der Waals surface area contributed by atoms with Gasteiger partial charge in [-0.25, -0.2) is 9.78 Å². The number of aromatic nitrogens is 2. The molecule has 1 saturated heterocycles. The lowest BCUT2D eigenvalue weighted by atomic mass is 10.00. The standard InChI is InChI=1S/C36H43N7O7/c1-23(44)43-29(20-26-21-37-22-41(26)4)33(46)42-18-12-17-28(42)31(45)40-36(2,3)35(48)39-30(25-15-10-7-11-16-25)32(50-43)38-27(34(47)49-5)19-24-13-8-6-9-14-24/h6-11,13-16,21-22,27-30H,12,17-20H2,1-5H3,(H2,39,40,45,48)/p+2/t27-,28-,29+,30+/m1/s1. The summed E-state index contributed by atoms with van der Waals surface area (Å²) < 4.78 is 8.49. The van der Waals surface area contributed by atoms with Crippen LogP contribution in [-0.4, -0.2) is 97.1 Å². The zero-order chi connectivity index (χ0) is 36.0. The molecule has 0 bridgehead atoms. The van der Waals surface area contributed by atoms with E-state index in [1.54, 1.807) is 66.8 Å². The second kappa shape index (κ2) is 15.3. The van der Waals surface area contributed by atoms with E-state index in [2.05, 4.69) is 20.6 Å². The molecule has 264 valence electrons. The number of hydrogen-bond acceptors (Lipinski definition) is 7. The number of hydrogen-bond donors (Lipinski definition) is 4. The molecule has 1 fully saturated rings. The van der Waals surface area contributed by atoms with Gasteiger partial charge < -0.3 is 29.9 Å². The summed E-state index contributed by atoms with van der Waals surface area (Å²) in [7, 11) is 3.06. The van der Waals surface area contributed by atoms with Crippen LogP contribution in [-0.2, 0) is 48.6 Å². The van der Waals surface area contributed by atoms with Crippen LogP contribution in [0.1, 0.15) is 56.5 Å². The molecular weight excluding hydrogens is 642 g/mol. The van der Waals surface area contributed by atoms with Gasteiger partial charge >= 0.3 is 17.8 Å². The number of esters is 1. The number of nitrogens with one attached hydrogen (secondary N) is 3. The summed E-state index contributed by atoms with van der Waals surface area (Å²) in [5.41, 5.74) is 0.603. The number of imidazole rings is 1. The molecule has 2 aliphatic rings. The van der Waals surface area contributed by atoms with Crippen LogP contribution >= 0.6 is 0 Å². The molecule has 4 atom stereocenters. The van der Waals surface area contributed by atoms with Crippen molar-refractivity contribution in [3.8, 4) is 0 Å². The van der Waals surface area contributed by atoms with E-state index in [0.717, 1.165) is 10.6 Å². The van der Waals surface area contributed by atoms with Gasteiger partial charge in [0.2, 0.25) is 11.9 Å². The minimum Gasteiger partial charge on any atom is -0.464 e. The summed E-state index contributed by atoms with van der Waals surface area (Å²) in [4.78, 5) is 68.8. The fourth-order valence-electron chi connectivity index (χ4n) is 6.24. The quantitative estimate of drug-likeness (QED) is 0.203. The fourth-order valence-corrected chi connectivity index (χ4v) is 6.24. The zero-order valence-corrected chi connectivity index (χ0v) is 29.0. The van der Waals surface area contributed by atoms with Gasteiger partial charge in [0.25, 0.3) is 17.9 Å². The second-order valence-corrected chi connectivity index (χ2v) is 13.1. The molecule has 2 aromatic carbocycles. The van der Waals surface area contributed by atoms with E-state index < -0.39 is 53.4 Å². The Morgan fingerprint density at radius 2 is 1.82 bits per heavy atom. The minimum atomic E-state index is -1.42. The SMILES string of the molecule is COC(=O)[C@@H](Cc1ccccc1)[NH+]=C1ON(C(C)=O)[C@@H](Cc2cncn2C)C(O)=[N+]2CCC[C@@H]2C(=O)NC(C)(C)C(=O)N[C@H]1c1ccccc1. The van der Waals surface area contributed by atoms with E-state index in [9.17, 15) is 24.3 Å². The molecule has 14 nitrogen and oxygen atoms in total. The Bertz CT molecular complexity index is 1770. The number of aryl methyl sites for hydroxylation is 1. The maximum absolute atomic E-state index is 14.1. The zero-order valence-electron chi connectivity index (χ0n) is 29.0. The number of amides is 3. The highest BCUT2D eigenvalue weighted by molar-refractivity contribution is 5.95. The van der Waals surface area contributed by atoms with Crippen LogP contribution in [0.4, 0.5) is 0 Å². The summed E-state index contributed by atoms with van der Waals surface area (Å²) in [5, 5.41) is 18.9. The van der Waals surface area contributed by atoms with Crippen LogP contribution in [0, 0.1) is 0 Å². The van der Waals surface area contributed by atoms with Crippen molar-refractivity contribution in [2.24, 2.45) is 7.05 Å². The average Bonchev–Trinajstić information content (AvgIpc) is 3.76. The Balaban J connectivity index is 1.75. The van der Waals surface area contributed by atoms with Gasteiger partial charge in [-0.2, -0.15) is 14.6 Å². The Kier molecular flexibility index (Phi) is 11.0. The molecule has 1 aromatic heterocycles. The van der Waals surface area contributed by atoms with Gasteiger partial charge in [0.15, 0.2) is 12.1 Å². The number of ether oxygens (including phenoxy) is 1. The summed E-state index contributed by atoms with van der Waals surface area (Å²) in [6, 6.07) is 14.0. The van der Waals surface area contributed by atoms with E-state index in [0.29, 0.717) is 30.6 Å². The molecule has 3 heterocycles.